The molecule has 1 fully saturated rings. The lowest BCUT2D eigenvalue weighted by atomic mass is 9.82. The van der Waals surface area contributed by atoms with Gasteiger partial charge in [0, 0.05) is 10.2 Å². The van der Waals surface area contributed by atoms with Crippen LogP contribution >= 0.6 is 15.9 Å². The van der Waals surface area contributed by atoms with Crippen molar-refractivity contribution in [1.82, 2.24) is 0 Å². The monoisotopic (exact) mass is 337 g/mol. The largest absolute Gasteiger partial charge is 0.481 e. The van der Waals surface area contributed by atoms with E-state index in [2.05, 4.69) is 21.2 Å². The Labute approximate surface area is 123 Å². The molecular weight excluding hydrogens is 326 g/mol. The summed E-state index contributed by atoms with van der Waals surface area (Å²) in [5.41, 5.74) is 0.633. The lowest BCUT2D eigenvalue weighted by Gasteiger charge is -2.20. The number of aliphatic carboxylic acids is 1. The molecule has 104 valence electrons. The van der Waals surface area contributed by atoms with E-state index in [1.165, 1.54) is 0 Å². The quantitative estimate of drug-likeness (QED) is 0.827. The van der Waals surface area contributed by atoms with E-state index in [1.807, 2.05) is 12.1 Å². The van der Waals surface area contributed by atoms with E-state index in [0.717, 1.165) is 4.47 Å². The topological polar surface area (TPSA) is 75.6 Å². The van der Waals surface area contributed by atoms with Gasteiger partial charge in [-0.05, 0) is 24.3 Å². The Kier molecular flexibility index (Phi) is 3.35. The molecule has 20 heavy (non-hydrogen) atoms. The average molecular weight is 338 g/mol. The molecule has 3 rings (SSSR count). The number of nitrogens with one attached hydrogen (secondary N) is 1. The standard InChI is InChI=1S/C14H12BrNO4/c15-7-1-3-8(4-2-7)16-13(17)11-9-5-6-10(20-9)12(11)14(18)19/h1-6,9-12H,(H,16,17)(H,18,19)/t9-,10+,11-,12-/m0/s1. The molecule has 1 aromatic carbocycles. The molecule has 1 amide bonds. The second kappa shape index (κ2) is 5.03. The fraction of sp³-hybridized carbons (Fsp3) is 0.286. The van der Waals surface area contributed by atoms with Crippen molar-refractivity contribution >= 4 is 33.5 Å². The van der Waals surface area contributed by atoms with Crippen molar-refractivity contribution in [1.29, 1.82) is 0 Å². The second-order valence-electron chi connectivity index (χ2n) is 4.84. The highest BCUT2D eigenvalue weighted by atomic mass is 79.9. The number of hydrogen-bond donors (Lipinski definition) is 2. The van der Waals surface area contributed by atoms with Crippen molar-refractivity contribution in [2.45, 2.75) is 12.2 Å². The first-order valence-electron chi connectivity index (χ1n) is 6.19. The molecule has 0 saturated carbocycles. The van der Waals surface area contributed by atoms with Crippen molar-refractivity contribution in [3.05, 3.63) is 40.9 Å². The Hall–Kier alpha value is -1.66. The highest BCUT2D eigenvalue weighted by molar-refractivity contribution is 9.10. The number of benzene rings is 1. The maximum atomic E-state index is 12.3. The van der Waals surface area contributed by atoms with Gasteiger partial charge in [0.25, 0.3) is 0 Å². The summed E-state index contributed by atoms with van der Waals surface area (Å²) in [7, 11) is 0. The third kappa shape index (κ3) is 2.25. The number of carboxylic acids is 1. The molecule has 1 aromatic rings. The van der Waals surface area contributed by atoms with Gasteiger partial charge in [0.2, 0.25) is 5.91 Å². The smallest absolute Gasteiger partial charge is 0.310 e. The normalized spacial score (nSPS) is 30.4. The fourth-order valence-corrected chi connectivity index (χ4v) is 2.94. The van der Waals surface area contributed by atoms with E-state index >= 15 is 0 Å². The second-order valence-corrected chi connectivity index (χ2v) is 5.75. The molecule has 6 heteroatoms. The van der Waals surface area contributed by atoms with Crippen LogP contribution in [0.2, 0.25) is 0 Å². The zero-order valence-electron chi connectivity index (χ0n) is 10.3. The van der Waals surface area contributed by atoms with Crippen LogP contribution in [0.15, 0.2) is 40.9 Å². The summed E-state index contributed by atoms with van der Waals surface area (Å²) in [5.74, 6) is -2.83. The molecule has 4 atom stereocenters. The molecule has 2 aliphatic rings. The van der Waals surface area contributed by atoms with Gasteiger partial charge in [0.05, 0.1) is 18.1 Å². The lowest BCUT2D eigenvalue weighted by molar-refractivity contribution is -0.145. The van der Waals surface area contributed by atoms with Crippen molar-refractivity contribution in [3.8, 4) is 0 Å². The Morgan fingerprint density at radius 1 is 1.10 bits per heavy atom. The first-order valence-corrected chi connectivity index (χ1v) is 6.98. The van der Waals surface area contributed by atoms with Gasteiger partial charge in [-0.15, -0.1) is 0 Å². The van der Waals surface area contributed by atoms with Crippen LogP contribution in [0.25, 0.3) is 0 Å². The van der Waals surface area contributed by atoms with Crippen LogP contribution in [0.1, 0.15) is 0 Å². The minimum absolute atomic E-state index is 0.323. The van der Waals surface area contributed by atoms with Crippen LogP contribution in [0.5, 0.6) is 0 Å². The van der Waals surface area contributed by atoms with Gasteiger partial charge in [0.1, 0.15) is 5.92 Å². The predicted molar refractivity (Wildman–Crippen MR) is 75.2 cm³/mol. The molecule has 2 aliphatic heterocycles. The Bertz CT molecular complexity index is 583. The van der Waals surface area contributed by atoms with Gasteiger partial charge in [-0.1, -0.05) is 28.1 Å². The van der Waals surface area contributed by atoms with E-state index in [1.54, 1.807) is 24.3 Å². The molecule has 0 spiro atoms. The number of anilines is 1. The number of hydrogen-bond acceptors (Lipinski definition) is 3. The number of carbonyl (C=O) groups is 2. The van der Waals surface area contributed by atoms with Gasteiger partial charge in [-0.3, -0.25) is 9.59 Å². The van der Waals surface area contributed by atoms with Gasteiger partial charge < -0.3 is 15.2 Å². The Morgan fingerprint density at radius 2 is 1.70 bits per heavy atom. The number of ether oxygens (including phenoxy) is 1. The van der Waals surface area contributed by atoms with Gasteiger partial charge in [0.15, 0.2) is 0 Å². The minimum atomic E-state index is -1.00. The SMILES string of the molecule is O=C(Nc1ccc(Br)cc1)[C@@H]1[C@@H](C(=O)O)[C@H]2C=C[C@@H]1O2. The summed E-state index contributed by atoms with van der Waals surface area (Å²) < 4.78 is 6.38. The Morgan fingerprint density at radius 3 is 2.30 bits per heavy atom. The van der Waals surface area contributed by atoms with E-state index < -0.39 is 30.0 Å². The molecular formula is C14H12BrNO4. The molecule has 2 N–H and O–H groups in total. The van der Waals surface area contributed by atoms with Crippen LogP contribution in [-0.4, -0.2) is 29.2 Å². The summed E-state index contributed by atoms with van der Waals surface area (Å²) >= 11 is 3.31. The molecule has 0 aromatic heterocycles. The average Bonchev–Trinajstić information content (AvgIpc) is 3.01. The molecule has 0 aliphatic carbocycles. The third-order valence-electron chi connectivity index (χ3n) is 3.60. The zero-order chi connectivity index (χ0) is 14.3. The fourth-order valence-electron chi connectivity index (χ4n) is 2.67. The third-order valence-corrected chi connectivity index (χ3v) is 4.13. The zero-order valence-corrected chi connectivity index (χ0v) is 11.9. The highest BCUT2D eigenvalue weighted by Crippen LogP contribution is 2.39. The lowest BCUT2D eigenvalue weighted by Crippen LogP contribution is -2.39. The number of amides is 1. The summed E-state index contributed by atoms with van der Waals surface area (Å²) in [6, 6.07) is 7.12. The summed E-state index contributed by atoms with van der Waals surface area (Å²) in [6.45, 7) is 0. The van der Waals surface area contributed by atoms with Crippen molar-refractivity contribution < 1.29 is 19.4 Å². The maximum Gasteiger partial charge on any atom is 0.310 e. The van der Waals surface area contributed by atoms with Crippen LogP contribution in [-0.2, 0) is 14.3 Å². The van der Waals surface area contributed by atoms with Crippen molar-refractivity contribution in [2.75, 3.05) is 5.32 Å². The minimum Gasteiger partial charge on any atom is -0.481 e. The number of carbonyl (C=O) groups excluding carboxylic acids is 1. The number of fused-ring (bicyclic) bond motifs is 2. The number of carboxylic acid groups (broad SMARTS) is 1. The van der Waals surface area contributed by atoms with E-state index in [0.29, 0.717) is 5.69 Å². The van der Waals surface area contributed by atoms with Crippen LogP contribution in [0, 0.1) is 11.8 Å². The summed E-state index contributed by atoms with van der Waals surface area (Å²) in [5, 5.41) is 12.0. The molecule has 2 heterocycles. The molecule has 0 unspecified atom stereocenters. The van der Waals surface area contributed by atoms with E-state index in [-0.39, 0.29) is 5.91 Å². The number of rotatable bonds is 3. The summed E-state index contributed by atoms with van der Waals surface area (Å²) in [6.07, 6.45) is 2.53. The molecule has 5 nitrogen and oxygen atoms in total. The Balaban J connectivity index is 1.78. The van der Waals surface area contributed by atoms with Gasteiger partial charge >= 0.3 is 5.97 Å². The van der Waals surface area contributed by atoms with Crippen LogP contribution in [0.3, 0.4) is 0 Å². The van der Waals surface area contributed by atoms with Crippen molar-refractivity contribution in [2.24, 2.45) is 11.8 Å². The van der Waals surface area contributed by atoms with Gasteiger partial charge in [-0.25, -0.2) is 0 Å². The van der Waals surface area contributed by atoms with Gasteiger partial charge in [-0.2, -0.15) is 0 Å². The first-order chi connectivity index (χ1) is 9.56. The molecule has 2 bridgehead atoms. The van der Waals surface area contributed by atoms with Crippen LogP contribution in [0.4, 0.5) is 5.69 Å². The molecule has 0 radical (unpaired) electrons. The predicted octanol–water partition coefficient (Wildman–Crippen LogP) is 2.04. The number of halogens is 1. The molecule has 1 saturated heterocycles. The van der Waals surface area contributed by atoms with Crippen LogP contribution < -0.4 is 5.32 Å². The van der Waals surface area contributed by atoms with E-state index in [4.69, 9.17) is 4.74 Å². The first kappa shape index (κ1) is 13.3. The highest BCUT2D eigenvalue weighted by Gasteiger charge is 2.53. The summed E-state index contributed by atoms with van der Waals surface area (Å²) in [4.78, 5) is 23.6. The van der Waals surface area contributed by atoms with E-state index in [9.17, 15) is 14.7 Å². The van der Waals surface area contributed by atoms with Crippen molar-refractivity contribution in [3.63, 3.8) is 0 Å². The maximum absolute atomic E-state index is 12.3.